The van der Waals surface area contributed by atoms with Crippen molar-refractivity contribution in [1.82, 2.24) is 0 Å². The van der Waals surface area contributed by atoms with Crippen molar-refractivity contribution >= 4 is 45.2 Å². The molecule has 0 atom stereocenters. The molecule has 0 fully saturated rings. The highest BCUT2D eigenvalue weighted by molar-refractivity contribution is 14.1. The maximum absolute atomic E-state index is 5.86. The molecule has 0 heterocycles. The molecule has 0 spiro atoms. The summed E-state index contributed by atoms with van der Waals surface area (Å²) in [6.45, 7) is 3.95. The Morgan fingerprint density at radius 2 is 1.75 bits per heavy atom. The fourth-order valence-corrected chi connectivity index (χ4v) is 3.75. The van der Waals surface area contributed by atoms with E-state index in [4.69, 9.17) is 18.9 Å². The predicted octanol–water partition coefficient (Wildman–Crippen LogP) is 3.99. The molecule has 6 heteroatoms. The first-order valence-electron chi connectivity index (χ1n) is 6.39. The summed E-state index contributed by atoms with van der Waals surface area (Å²) >= 11 is 4.54. The Balaban J connectivity index is 2.81. The maximum atomic E-state index is 5.86. The highest BCUT2D eigenvalue weighted by Gasteiger charge is 2.18. The largest absolute Gasteiger partial charge is 0.490 e. The molecule has 0 unspecified atom stereocenters. The molecular weight excluding hydrogens is 486 g/mol. The Labute approximate surface area is 147 Å². The lowest BCUT2D eigenvalue weighted by atomic mass is 10.2. The third kappa shape index (κ3) is 5.63. The topological polar surface area (TPSA) is 36.9 Å². The van der Waals surface area contributed by atoms with Crippen LogP contribution in [0.5, 0.6) is 5.75 Å². The highest BCUT2D eigenvalue weighted by Crippen LogP contribution is 2.34. The molecule has 0 aliphatic rings. The number of methoxy groups -OCH3 is 2. The number of ether oxygens (including phenoxy) is 4. The number of hydrogen-bond acceptors (Lipinski definition) is 4. The van der Waals surface area contributed by atoms with Crippen LogP contribution < -0.4 is 4.74 Å². The first-order valence-corrected chi connectivity index (χ1v) is 8.54. The molecule has 0 aromatic heterocycles. The van der Waals surface area contributed by atoms with Gasteiger partial charge in [0.15, 0.2) is 6.29 Å². The summed E-state index contributed by atoms with van der Waals surface area (Å²) in [5, 5.41) is 0. The van der Waals surface area contributed by atoms with E-state index in [1.165, 1.54) is 0 Å². The molecule has 0 radical (unpaired) electrons. The minimum Gasteiger partial charge on any atom is -0.490 e. The SMILES string of the molecule is CCCOCCOc1c(I)cc(I)cc1C(OC)OC. The molecule has 1 aromatic carbocycles. The summed E-state index contributed by atoms with van der Waals surface area (Å²) in [5.41, 5.74) is 0.904. The van der Waals surface area contributed by atoms with Crippen LogP contribution in [0.15, 0.2) is 12.1 Å². The number of halogens is 2. The van der Waals surface area contributed by atoms with Gasteiger partial charge < -0.3 is 18.9 Å². The molecule has 0 N–H and O–H groups in total. The normalized spacial score (nSPS) is 11.1. The average molecular weight is 506 g/mol. The summed E-state index contributed by atoms with van der Waals surface area (Å²) in [5.74, 6) is 0.805. The molecule has 0 bridgehead atoms. The summed E-state index contributed by atoms with van der Waals surface area (Å²) in [6.07, 6.45) is 0.589. The van der Waals surface area contributed by atoms with E-state index in [9.17, 15) is 0 Å². The van der Waals surface area contributed by atoms with Gasteiger partial charge >= 0.3 is 0 Å². The van der Waals surface area contributed by atoms with Gasteiger partial charge in [-0.05, 0) is 63.7 Å². The second kappa shape index (κ2) is 10.1. The summed E-state index contributed by atoms with van der Waals surface area (Å²) in [7, 11) is 3.24. The molecule has 1 aromatic rings. The average Bonchev–Trinajstić information content (AvgIpc) is 2.42. The van der Waals surface area contributed by atoms with E-state index in [0.29, 0.717) is 13.2 Å². The molecule has 4 nitrogen and oxygen atoms in total. The standard InChI is InChI=1S/C14H20I2O4/c1-4-5-19-6-7-20-13-11(14(17-2)18-3)8-10(15)9-12(13)16/h8-9,14H,4-7H2,1-3H3. The van der Waals surface area contributed by atoms with Crippen LogP contribution in [0.25, 0.3) is 0 Å². The van der Waals surface area contributed by atoms with Crippen molar-refractivity contribution in [3.8, 4) is 5.75 Å². The summed E-state index contributed by atoms with van der Waals surface area (Å²) < 4.78 is 24.1. The first kappa shape index (κ1) is 18.4. The third-order valence-electron chi connectivity index (χ3n) is 2.54. The van der Waals surface area contributed by atoms with Crippen LogP contribution in [0.2, 0.25) is 0 Å². The van der Waals surface area contributed by atoms with E-state index in [2.05, 4.69) is 58.2 Å². The van der Waals surface area contributed by atoms with Gasteiger partial charge in [0.1, 0.15) is 12.4 Å². The number of rotatable bonds is 9. The van der Waals surface area contributed by atoms with Crippen molar-refractivity contribution in [2.24, 2.45) is 0 Å². The van der Waals surface area contributed by atoms with Crippen LogP contribution in [0.4, 0.5) is 0 Å². The lowest BCUT2D eigenvalue weighted by Crippen LogP contribution is -2.12. The van der Waals surface area contributed by atoms with E-state index >= 15 is 0 Å². The van der Waals surface area contributed by atoms with Crippen LogP contribution in [0.1, 0.15) is 25.2 Å². The van der Waals surface area contributed by atoms with Crippen molar-refractivity contribution < 1.29 is 18.9 Å². The molecule has 0 amide bonds. The Morgan fingerprint density at radius 3 is 2.35 bits per heavy atom. The van der Waals surface area contributed by atoms with Gasteiger partial charge in [0.05, 0.1) is 15.7 Å². The van der Waals surface area contributed by atoms with Gasteiger partial charge in [-0.3, -0.25) is 0 Å². The number of hydrogen-bond donors (Lipinski definition) is 0. The summed E-state index contributed by atoms with van der Waals surface area (Å²) in [4.78, 5) is 0. The van der Waals surface area contributed by atoms with Gasteiger partial charge in [0.2, 0.25) is 0 Å². The van der Waals surface area contributed by atoms with Crippen LogP contribution in [-0.2, 0) is 14.2 Å². The zero-order chi connectivity index (χ0) is 15.0. The van der Waals surface area contributed by atoms with E-state index in [0.717, 1.165) is 31.5 Å². The van der Waals surface area contributed by atoms with Gasteiger partial charge in [0.25, 0.3) is 0 Å². The molecule has 0 aliphatic heterocycles. The van der Waals surface area contributed by atoms with E-state index < -0.39 is 6.29 Å². The van der Waals surface area contributed by atoms with Gasteiger partial charge in [-0.25, -0.2) is 0 Å². The zero-order valence-corrected chi connectivity index (χ0v) is 16.3. The van der Waals surface area contributed by atoms with Gasteiger partial charge in [-0.2, -0.15) is 0 Å². The van der Waals surface area contributed by atoms with E-state index in [-0.39, 0.29) is 0 Å². The third-order valence-corrected chi connectivity index (χ3v) is 3.97. The van der Waals surface area contributed by atoms with Crippen LogP contribution in [0.3, 0.4) is 0 Å². The minimum atomic E-state index is -0.426. The van der Waals surface area contributed by atoms with Crippen LogP contribution in [-0.4, -0.2) is 34.0 Å². The first-order chi connectivity index (χ1) is 9.63. The lowest BCUT2D eigenvalue weighted by Gasteiger charge is -2.19. The highest BCUT2D eigenvalue weighted by atomic mass is 127. The van der Waals surface area contributed by atoms with E-state index in [1.807, 2.05) is 6.07 Å². The molecule has 0 saturated heterocycles. The smallest absolute Gasteiger partial charge is 0.186 e. The van der Waals surface area contributed by atoms with Crippen LogP contribution >= 0.6 is 45.2 Å². The molecule has 114 valence electrons. The van der Waals surface area contributed by atoms with Crippen molar-refractivity contribution in [3.05, 3.63) is 24.8 Å². The molecule has 0 aliphatic carbocycles. The second-order valence-corrected chi connectivity index (χ2v) is 6.48. The Kier molecular flexibility index (Phi) is 9.34. The fraction of sp³-hybridized carbons (Fsp3) is 0.571. The summed E-state index contributed by atoms with van der Waals surface area (Å²) in [6, 6.07) is 4.08. The Bertz CT molecular complexity index is 408. The van der Waals surface area contributed by atoms with Gasteiger partial charge in [0, 0.05) is 24.4 Å². The predicted molar refractivity (Wildman–Crippen MR) is 95.2 cm³/mol. The van der Waals surface area contributed by atoms with Crippen molar-refractivity contribution in [2.75, 3.05) is 34.0 Å². The molecular formula is C14H20I2O4. The number of benzene rings is 1. The van der Waals surface area contributed by atoms with Crippen molar-refractivity contribution in [3.63, 3.8) is 0 Å². The fourth-order valence-electron chi connectivity index (χ4n) is 1.71. The van der Waals surface area contributed by atoms with Crippen molar-refractivity contribution in [1.29, 1.82) is 0 Å². The molecule has 20 heavy (non-hydrogen) atoms. The van der Waals surface area contributed by atoms with Crippen LogP contribution in [0, 0.1) is 7.14 Å². The van der Waals surface area contributed by atoms with E-state index in [1.54, 1.807) is 14.2 Å². The second-order valence-electron chi connectivity index (χ2n) is 4.07. The van der Waals surface area contributed by atoms with Gasteiger partial charge in [-0.15, -0.1) is 0 Å². The lowest BCUT2D eigenvalue weighted by molar-refractivity contribution is -0.107. The molecule has 1 rings (SSSR count). The monoisotopic (exact) mass is 506 g/mol. The maximum Gasteiger partial charge on any atom is 0.186 e. The molecule has 0 saturated carbocycles. The Morgan fingerprint density at radius 1 is 1.05 bits per heavy atom. The quantitative estimate of drug-likeness (QED) is 0.289. The zero-order valence-electron chi connectivity index (χ0n) is 11.9. The van der Waals surface area contributed by atoms with Gasteiger partial charge in [-0.1, -0.05) is 6.92 Å². The minimum absolute atomic E-state index is 0.426. The van der Waals surface area contributed by atoms with Crippen molar-refractivity contribution in [2.45, 2.75) is 19.6 Å². The Hall–Kier alpha value is 0.360.